The van der Waals surface area contributed by atoms with Gasteiger partial charge in [0.1, 0.15) is 0 Å². The third-order valence-electron chi connectivity index (χ3n) is 3.65. The molecule has 0 nitrogen and oxygen atoms in total. The predicted octanol–water partition coefficient (Wildman–Crippen LogP) is 6.43. The molecule has 2 heteroatoms. The Bertz CT molecular complexity index is 594. The summed E-state index contributed by atoms with van der Waals surface area (Å²) in [6, 6.07) is 14.9. The van der Waals surface area contributed by atoms with E-state index in [2.05, 4.69) is 74.0 Å². The van der Waals surface area contributed by atoms with Gasteiger partial charge in [-0.05, 0) is 40.7 Å². The lowest BCUT2D eigenvalue weighted by Crippen LogP contribution is -2.10. The molecule has 0 bridgehead atoms. The van der Waals surface area contributed by atoms with Crippen molar-refractivity contribution in [1.82, 2.24) is 0 Å². The van der Waals surface area contributed by atoms with Gasteiger partial charge in [0.2, 0.25) is 0 Å². The molecule has 20 heavy (non-hydrogen) atoms. The normalized spacial score (nSPS) is 13.3. The zero-order valence-corrected chi connectivity index (χ0v) is 14.7. The summed E-state index contributed by atoms with van der Waals surface area (Å²) in [6.07, 6.45) is 0. The first-order valence-corrected chi connectivity index (χ1v) is 8.09. The fraction of sp³-hybridized carbons (Fsp3) is 0.333. The molecular weight excluding hydrogens is 332 g/mol. The molecule has 0 spiro atoms. The topological polar surface area (TPSA) is 0 Å². The third kappa shape index (κ3) is 3.27. The maximum Gasteiger partial charge on any atom is 0.0647 e. The molecule has 0 aromatic heterocycles. The van der Waals surface area contributed by atoms with Crippen LogP contribution < -0.4 is 0 Å². The van der Waals surface area contributed by atoms with Crippen LogP contribution in [0, 0.1) is 6.92 Å². The molecule has 2 aromatic rings. The van der Waals surface area contributed by atoms with Crippen LogP contribution in [0.5, 0.6) is 0 Å². The molecule has 0 fully saturated rings. The number of halogens is 2. The Balaban J connectivity index is 2.34. The zero-order chi connectivity index (χ0) is 14.9. The Hall–Kier alpha value is -0.790. The first kappa shape index (κ1) is 15.6. The number of alkyl halides is 1. The van der Waals surface area contributed by atoms with Gasteiger partial charge in [0.25, 0.3) is 0 Å². The largest absolute Gasteiger partial charge is 0.0840 e. The quantitative estimate of drug-likeness (QED) is 0.547. The van der Waals surface area contributed by atoms with E-state index in [1.807, 2.05) is 12.1 Å². The highest BCUT2D eigenvalue weighted by molar-refractivity contribution is 9.09. The number of hydrogen-bond acceptors (Lipinski definition) is 0. The van der Waals surface area contributed by atoms with E-state index in [4.69, 9.17) is 11.6 Å². The fourth-order valence-corrected chi connectivity index (χ4v) is 3.21. The van der Waals surface area contributed by atoms with E-state index in [0.717, 1.165) is 10.6 Å². The minimum atomic E-state index is 0.176. The first-order valence-electron chi connectivity index (χ1n) is 6.80. The third-order valence-corrected chi connectivity index (χ3v) is 5.08. The predicted molar refractivity (Wildman–Crippen MR) is 92.1 cm³/mol. The minimum Gasteiger partial charge on any atom is -0.0840 e. The number of benzene rings is 2. The second kappa shape index (κ2) is 5.91. The molecule has 2 rings (SSSR count). The highest BCUT2D eigenvalue weighted by Gasteiger charge is 2.17. The standard InChI is InChI=1S/C18H20BrCl/c1-12-15(6-5-7-16(12)20)17(19)13-8-10-14(11-9-13)18(2,3)4/h5-11,17H,1-4H3. The Morgan fingerprint density at radius 1 is 1.00 bits per heavy atom. The molecular formula is C18H20BrCl. The van der Waals surface area contributed by atoms with E-state index in [9.17, 15) is 0 Å². The summed E-state index contributed by atoms with van der Waals surface area (Å²) in [4.78, 5) is 0.176. The van der Waals surface area contributed by atoms with Gasteiger partial charge in [-0.15, -0.1) is 0 Å². The van der Waals surface area contributed by atoms with Gasteiger partial charge in [-0.1, -0.05) is 84.7 Å². The molecule has 0 heterocycles. The first-order chi connectivity index (χ1) is 9.30. The molecule has 2 aromatic carbocycles. The summed E-state index contributed by atoms with van der Waals surface area (Å²) in [6.45, 7) is 8.76. The highest BCUT2D eigenvalue weighted by atomic mass is 79.9. The molecule has 0 radical (unpaired) electrons. The summed E-state index contributed by atoms with van der Waals surface area (Å²) in [7, 11) is 0. The smallest absolute Gasteiger partial charge is 0.0647 e. The van der Waals surface area contributed by atoms with Gasteiger partial charge in [-0.3, -0.25) is 0 Å². The van der Waals surface area contributed by atoms with Gasteiger partial charge in [-0.2, -0.15) is 0 Å². The van der Waals surface area contributed by atoms with E-state index in [1.165, 1.54) is 16.7 Å². The van der Waals surface area contributed by atoms with Crippen molar-refractivity contribution >= 4 is 27.5 Å². The van der Waals surface area contributed by atoms with Crippen LogP contribution in [-0.4, -0.2) is 0 Å². The molecule has 1 unspecified atom stereocenters. The van der Waals surface area contributed by atoms with Crippen LogP contribution in [0.15, 0.2) is 42.5 Å². The maximum absolute atomic E-state index is 6.21. The Kier molecular flexibility index (Phi) is 4.61. The van der Waals surface area contributed by atoms with E-state index in [0.29, 0.717) is 0 Å². The van der Waals surface area contributed by atoms with E-state index in [1.54, 1.807) is 0 Å². The van der Waals surface area contributed by atoms with Crippen molar-refractivity contribution in [2.24, 2.45) is 0 Å². The van der Waals surface area contributed by atoms with Crippen molar-refractivity contribution in [2.75, 3.05) is 0 Å². The Morgan fingerprint density at radius 3 is 2.15 bits per heavy atom. The van der Waals surface area contributed by atoms with Gasteiger partial charge in [0.05, 0.1) is 4.83 Å². The molecule has 0 N–H and O–H groups in total. The highest BCUT2D eigenvalue weighted by Crippen LogP contribution is 2.35. The summed E-state index contributed by atoms with van der Waals surface area (Å²) in [5, 5.41) is 0.818. The van der Waals surface area contributed by atoms with Gasteiger partial charge in [0, 0.05) is 5.02 Å². The molecule has 1 atom stereocenters. The fourth-order valence-electron chi connectivity index (χ4n) is 2.23. The van der Waals surface area contributed by atoms with Crippen LogP contribution >= 0.6 is 27.5 Å². The van der Waals surface area contributed by atoms with Crippen molar-refractivity contribution in [3.8, 4) is 0 Å². The molecule has 0 saturated carbocycles. The van der Waals surface area contributed by atoms with Gasteiger partial charge in [-0.25, -0.2) is 0 Å². The van der Waals surface area contributed by atoms with Crippen LogP contribution in [0.4, 0.5) is 0 Å². The van der Waals surface area contributed by atoms with Crippen molar-refractivity contribution in [1.29, 1.82) is 0 Å². The van der Waals surface area contributed by atoms with Crippen LogP contribution in [0.25, 0.3) is 0 Å². The van der Waals surface area contributed by atoms with E-state index >= 15 is 0 Å². The van der Waals surface area contributed by atoms with Crippen LogP contribution in [-0.2, 0) is 5.41 Å². The zero-order valence-electron chi connectivity index (χ0n) is 12.4. The monoisotopic (exact) mass is 350 g/mol. The van der Waals surface area contributed by atoms with Crippen LogP contribution in [0.2, 0.25) is 5.02 Å². The average Bonchev–Trinajstić information content (AvgIpc) is 2.40. The average molecular weight is 352 g/mol. The lowest BCUT2D eigenvalue weighted by molar-refractivity contribution is 0.590. The van der Waals surface area contributed by atoms with Crippen molar-refractivity contribution < 1.29 is 0 Å². The second-order valence-electron chi connectivity index (χ2n) is 6.19. The summed E-state index contributed by atoms with van der Waals surface area (Å²) >= 11 is 10.0. The second-order valence-corrected chi connectivity index (χ2v) is 7.51. The lowest BCUT2D eigenvalue weighted by Gasteiger charge is -2.20. The van der Waals surface area contributed by atoms with Gasteiger partial charge >= 0.3 is 0 Å². The van der Waals surface area contributed by atoms with E-state index in [-0.39, 0.29) is 10.2 Å². The molecule has 0 amide bonds. The lowest BCUT2D eigenvalue weighted by atomic mass is 9.86. The summed E-state index contributed by atoms with van der Waals surface area (Å²) in [5.41, 5.74) is 5.15. The van der Waals surface area contributed by atoms with Crippen LogP contribution in [0.1, 0.15) is 47.9 Å². The SMILES string of the molecule is Cc1c(Cl)cccc1C(Br)c1ccc(C(C)(C)C)cc1. The molecule has 0 saturated heterocycles. The van der Waals surface area contributed by atoms with Crippen molar-refractivity contribution in [3.05, 3.63) is 69.7 Å². The number of hydrogen-bond donors (Lipinski definition) is 0. The molecule has 0 aliphatic rings. The molecule has 0 aliphatic carbocycles. The Morgan fingerprint density at radius 2 is 1.60 bits per heavy atom. The van der Waals surface area contributed by atoms with Crippen molar-refractivity contribution in [3.63, 3.8) is 0 Å². The summed E-state index contributed by atoms with van der Waals surface area (Å²) < 4.78 is 0. The van der Waals surface area contributed by atoms with Gasteiger partial charge < -0.3 is 0 Å². The molecule has 0 aliphatic heterocycles. The van der Waals surface area contributed by atoms with Crippen LogP contribution in [0.3, 0.4) is 0 Å². The Labute approximate surface area is 135 Å². The van der Waals surface area contributed by atoms with E-state index < -0.39 is 0 Å². The van der Waals surface area contributed by atoms with Crippen molar-refractivity contribution in [2.45, 2.75) is 37.9 Å². The maximum atomic E-state index is 6.21. The van der Waals surface area contributed by atoms with Gasteiger partial charge in [0.15, 0.2) is 0 Å². The molecule has 106 valence electrons. The number of rotatable bonds is 2. The summed E-state index contributed by atoms with van der Waals surface area (Å²) in [5.74, 6) is 0. The minimum absolute atomic E-state index is 0.176.